The lowest BCUT2D eigenvalue weighted by Gasteiger charge is -2.24. The molecule has 0 N–H and O–H groups in total. The lowest BCUT2D eigenvalue weighted by Crippen LogP contribution is -2.30. The molecule has 0 radical (unpaired) electrons. The Bertz CT molecular complexity index is 771. The molecule has 4 rings (SSSR count). The Hall–Kier alpha value is -1.82. The van der Waals surface area contributed by atoms with Gasteiger partial charge in [0, 0.05) is 18.5 Å². The van der Waals surface area contributed by atoms with Crippen molar-refractivity contribution in [3.63, 3.8) is 0 Å². The number of thiophene rings is 1. The number of carbonyl (C=O) groups is 1. The number of hydrogen-bond donors (Lipinski definition) is 0. The zero-order chi connectivity index (χ0) is 16.8. The standard InChI is InChI=1S/C18H23N3O2S/c1-11-16(18(23-3)20(2)19-11)13-7-5-9-21(13)17(22)15-10-12-6-4-8-14(12)24-15/h10,13H,4-9H2,1-3H3. The summed E-state index contributed by atoms with van der Waals surface area (Å²) in [6.45, 7) is 2.81. The Morgan fingerprint density at radius 2 is 2.21 bits per heavy atom. The highest BCUT2D eigenvalue weighted by Gasteiger charge is 2.36. The predicted octanol–water partition coefficient (Wildman–Crippen LogP) is 3.26. The van der Waals surface area contributed by atoms with E-state index in [0.29, 0.717) is 0 Å². The first-order valence-corrected chi connectivity index (χ1v) is 9.42. The molecule has 1 unspecified atom stereocenters. The van der Waals surface area contributed by atoms with E-state index < -0.39 is 0 Å². The number of amides is 1. The number of carbonyl (C=O) groups excluding carboxylic acids is 1. The summed E-state index contributed by atoms with van der Waals surface area (Å²) in [4.78, 5) is 17.4. The molecule has 1 fully saturated rings. The van der Waals surface area contributed by atoms with Crippen LogP contribution in [0.3, 0.4) is 0 Å². The fraction of sp³-hybridized carbons (Fsp3) is 0.556. The first kappa shape index (κ1) is 15.7. The summed E-state index contributed by atoms with van der Waals surface area (Å²) >= 11 is 1.69. The molecule has 2 aliphatic rings. The average Bonchev–Trinajstić information content (AvgIpc) is 3.27. The molecule has 0 bridgehead atoms. The van der Waals surface area contributed by atoms with Gasteiger partial charge in [0.15, 0.2) is 0 Å². The van der Waals surface area contributed by atoms with E-state index >= 15 is 0 Å². The lowest BCUT2D eigenvalue weighted by molar-refractivity contribution is 0.0738. The van der Waals surface area contributed by atoms with Crippen LogP contribution in [0, 0.1) is 6.92 Å². The van der Waals surface area contributed by atoms with E-state index in [1.165, 1.54) is 16.9 Å². The molecular weight excluding hydrogens is 322 g/mol. The molecule has 3 heterocycles. The maximum absolute atomic E-state index is 13.1. The zero-order valence-electron chi connectivity index (χ0n) is 14.5. The number of ether oxygens (including phenoxy) is 1. The summed E-state index contributed by atoms with van der Waals surface area (Å²) in [7, 11) is 3.56. The Morgan fingerprint density at radius 1 is 1.38 bits per heavy atom. The summed E-state index contributed by atoms with van der Waals surface area (Å²) in [5, 5.41) is 4.49. The van der Waals surface area contributed by atoms with Crippen LogP contribution in [0.1, 0.15) is 56.7 Å². The number of rotatable bonds is 3. The van der Waals surface area contributed by atoms with Gasteiger partial charge in [0.05, 0.1) is 29.3 Å². The number of hydrogen-bond acceptors (Lipinski definition) is 4. The van der Waals surface area contributed by atoms with E-state index in [4.69, 9.17) is 4.74 Å². The number of nitrogens with zero attached hydrogens (tertiary/aromatic N) is 3. The summed E-state index contributed by atoms with van der Waals surface area (Å²) in [5.74, 6) is 0.938. The fourth-order valence-electron chi connectivity index (χ4n) is 4.16. The van der Waals surface area contributed by atoms with Crippen LogP contribution in [0.25, 0.3) is 0 Å². The van der Waals surface area contributed by atoms with E-state index in [2.05, 4.69) is 11.2 Å². The molecule has 0 saturated carbocycles. The van der Waals surface area contributed by atoms with Gasteiger partial charge in [-0.15, -0.1) is 11.3 Å². The first-order valence-electron chi connectivity index (χ1n) is 8.60. The number of aromatic nitrogens is 2. The van der Waals surface area contributed by atoms with Gasteiger partial charge in [0.2, 0.25) is 5.88 Å². The Morgan fingerprint density at radius 3 is 2.96 bits per heavy atom. The third-order valence-electron chi connectivity index (χ3n) is 5.21. The fourth-order valence-corrected chi connectivity index (χ4v) is 5.37. The van der Waals surface area contributed by atoms with Crippen molar-refractivity contribution in [1.82, 2.24) is 14.7 Å². The van der Waals surface area contributed by atoms with Crippen molar-refractivity contribution in [2.75, 3.05) is 13.7 Å². The number of fused-ring (bicyclic) bond motifs is 1. The topological polar surface area (TPSA) is 47.4 Å². The molecule has 1 amide bonds. The van der Waals surface area contributed by atoms with Crippen molar-refractivity contribution in [2.24, 2.45) is 7.05 Å². The second-order valence-corrected chi connectivity index (χ2v) is 7.84. The summed E-state index contributed by atoms with van der Waals surface area (Å²) in [6, 6.07) is 2.19. The minimum Gasteiger partial charge on any atom is -0.481 e. The van der Waals surface area contributed by atoms with Crippen LogP contribution in [-0.2, 0) is 19.9 Å². The summed E-state index contributed by atoms with van der Waals surface area (Å²) < 4.78 is 7.33. The normalized spacial score (nSPS) is 19.8. The SMILES string of the molecule is COc1c(C2CCCN2C(=O)c2cc3c(s2)CCC3)c(C)nn1C. The van der Waals surface area contributed by atoms with Crippen molar-refractivity contribution in [3.05, 3.63) is 32.6 Å². The van der Waals surface area contributed by atoms with E-state index in [1.54, 1.807) is 23.1 Å². The third kappa shape index (κ3) is 2.35. The van der Waals surface area contributed by atoms with Gasteiger partial charge in [-0.05, 0) is 50.7 Å². The monoisotopic (exact) mass is 345 g/mol. The van der Waals surface area contributed by atoms with Crippen LogP contribution in [0.5, 0.6) is 5.88 Å². The smallest absolute Gasteiger partial charge is 0.264 e. The molecule has 0 aromatic carbocycles. The van der Waals surface area contributed by atoms with Gasteiger partial charge in [-0.1, -0.05) is 0 Å². The molecule has 1 aliphatic heterocycles. The third-order valence-corrected chi connectivity index (χ3v) is 6.44. The molecule has 24 heavy (non-hydrogen) atoms. The highest BCUT2D eigenvalue weighted by molar-refractivity contribution is 7.14. The maximum Gasteiger partial charge on any atom is 0.264 e. The van der Waals surface area contributed by atoms with Crippen molar-refractivity contribution >= 4 is 17.2 Å². The first-order chi connectivity index (χ1) is 11.6. The van der Waals surface area contributed by atoms with Crippen molar-refractivity contribution in [2.45, 2.75) is 45.1 Å². The quantitative estimate of drug-likeness (QED) is 0.858. The van der Waals surface area contributed by atoms with E-state index in [-0.39, 0.29) is 11.9 Å². The summed E-state index contributed by atoms with van der Waals surface area (Å²) in [6.07, 6.45) is 5.48. The van der Waals surface area contributed by atoms with Gasteiger partial charge in [-0.3, -0.25) is 4.79 Å². The van der Waals surface area contributed by atoms with Gasteiger partial charge >= 0.3 is 0 Å². The molecule has 1 atom stereocenters. The van der Waals surface area contributed by atoms with Crippen LogP contribution >= 0.6 is 11.3 Å². The molecule has 128 valence electrons. The number of methoxy groups -OCH3 is 1. The van der Waals surface area contributed by atoms with Crippen LogP contribution in [-0.4, -0.2) is 34.2 Å². The Kier molecular flexibility index (Phi) is 3.87. The van der Waals surface area contributed by atoms with Crippen molar-refractivity contribution < 1.29 is 9.53 Å². The molecular formula is C18H23N3O2S. The predicted molar refractivity (Wildman–Crippen MR) is 93.9 cm³/mol. The van der Waals surface area contributed by atoms with Gasteiger partial charge in [0.1, 0.15) is 0 Å². The molecule has 6 heteroatoms. The molecule has 1 saturated heterocycles. The van der Waals surface area contributed by atoms with Crippen LogP contribution in [0.15, 0.2) is 6.07 Å². The molecule has 0 spiro atoms. The highest BCUT2D eigenvalue weighted by atomic mass is 32.1. The molecule has 2 aromatic heterocycles. The van der Waals surface area contributed by atoms with Gasteiger partial charge < -0.3 is 9.64 Å². The Balaban J connectivity index is 1.66. The van der Waals surface area contributed by atoms with Crippen LogP contribution < -0.4 is 4.74 Å². The molecule has 5 nitrogen and oxygen atoms in total. The molecule has 1 aliphatic carbocycles. The van der Waals surface area contributed by atoms with Gasteiger partial charge in [-0.2, -0.15) is 5.10 Å². The number of aryl methyl sites for hydroxylation is 4. The number of likely N-dealkylation sites (tertiary alicyclic amines) is 1. The lowest BCUT2D eigenvalue weighted by atomic mass is 10.0. The van der Waals surface area contributed by atoms with Gasteiger partial charge in [0.25, 0.3) is 5.91 Å². The van der Waals surface area contributed by atoms with Crippen LogP contribution in [0.4, 0.5) is 0 Å². The maximum atomic E-state index is 13.1. The minimum absolute atomic E-state index is 0.0677. The second kappa shape index (κ2) is 5.92. The summed E-state index contributed by atoms with van der Waals surface area (Å²) in [5.41, 5.74) is 3.40. The average molecular weight is 345 g/mol. The van der Waals surface area contributed by atoms with Crippen molar-refractivity contribution in [3.8, 4) is 5.88 Å². The van der Waals surface area contributed by atoms with E-state index in [1.807, 2.05) is 18.9 Å². The van der Waals surface area contributed by atoms with E-state index in [9.17, 15) is 4.79 Å². The van der Waals surface area contributed by atoms with Crippen LogP contribution in [0.2, 0.25) is 0 Å². The van der Waals surface area contributed by atoms with E-state index in [0.717, 1.165) is 54.2 Å². The van der Waals surface area contributed by atoms with Gasteiger partial charge in [-0.25, -0.2) is 4.68 Å². The van der Waals surface area contributed by atoms with Crippen molar-refractivity contribution in [1.29, 1.82) is 0 Å². The molecule has 2 aromatic rings. The largest absolute Gasteiger partial charge is 0.481 e. The minimum atomic E-state index is 0.0677. The zero-order valence-corrected chi connectivity index (χ0v) is 15.3. The second-order valence-electron chi connectivity index (χ2n) is 6.70. The highest BCUT2D eigenvalue weighted by Crippen LogP contribution is 2.40. The Labute approximate surface area is 146 Å².